The van der Waals surface area contributed by atoms with E-state index in [-0.39, 0.29) is 23.1 Å². The first-order chi connectivity index (χ1) is 10.6. The molecule has 3 nitrogen and oxygen atoms in total. The van der Waals surface area contributed by atoms with Crippen molar-refractivity contribution in [1.82, 2.24) is 10.2 Å². The lowest BCUT2D eigenvalue weighted by atomic mass is 9.83. The quantitative estimate of drug-likeness (QED) is 0.882. The summed E-state index contributed by atoms with van der Waals surface area (Å²) < 4.78 is -0.342. The zero-order valence-corrected chi connectivity index (χ0v) is 15.7. The molecule has 1 aromatic rings. The molecule has 5 rings (SSSR count). The van der Waals surface area contributed by atoms with E-state index >= 15 is 0 Å². The minimum Gasteiger partial charge on any atom is -0.351 e. The highest BCUT2D eigenvalue weighted by Gasteiger charge is 2.42. The highest BCUT2D eigenvalue weighted by molar-refractivity contribution is 8.10. The lowest BCUT2D eigenvalue weighted by Gasteiger charge is -2.45. The third kappa shape index (κ3) is 3.34. The van der Waals surface area contributed by atoms with Crippen LogP contribution in [-0.2, 0) is 4.79 Å². The highest BCUT2D eigenvalue weighted by atomic mass is 35.5. The molecule has 4 aliphatic heterocycles. The molecule has 0 spiro atoms. The monoisotopic (exact) mass is 370 g/mol. The van der Waals surface area contributed by atoms with E-state index in [1.54, 1.807) is 23.1 Å². The van der Waals surface area contributed by atoms with Crippen molar-refractivity contribution in [2.75, 3.05) is 19.6 Å². The molecular formula is C17H23ClN2OS2. The van der Waals surface area contributed by atoms with Crippen LogP contribution in [0.5, 0.6) is 0 Å². The van der Waals surface area contributed by atoms with Crippen LogP contribution in [0.4, 0.5) is 0 Å². The van der Waals surface area contributed by atoms with E-state index in [0.29, 0.717) is 12.0 Å². The Bertz CT molecular complexity index is 596. The Balaban J connectivity index is 0.00000156. The zero-order chi connectivity index (χ0) is 15.2. The first-order valence-electron chi connectivity index (χ1n) is 8.10. The van der Waals surface area contributed by atoms with Crippen LogP contribution in [0, 0.1) is 5.92 Å². The molecule has 3 saturated heterocycles. The maximum Gasteiger partial charge on any atom is 0.236 e. The van der Waals surface area contributed by atoms with E-state index in [4.69, 9.17) is 0 Å². The fraction of sp³-hybridized carbons (Fsp3) is 0.588. The molecule has 0 saturated carbocycles. The second-order valence-corrected chi connectivity index (χ2v) is 9.29. The van der Waals surface area contributed by atoms with Gasteiger partial charge in [0.1, 0.15) is 0 Å². The van der Waals surface area contributed by atoms with Crippen LogP contribution >= 0.6 is 35.5 Å². The van der Waals surface area contributed by atoms with E-state index in [2.05, 4.69) is 40.7 Å². The number of thioether (sulfide) groups is 1. The summed E-state index contributed by atoms with van der Waals surface area (Å²) >= 11 is 3.48. The molecule has 1 N–H and O–H groups in total. The van der Waals surface area contributed by atoms with E-state index < -0.39 is 0 Å². The molecule has 0 radical (unpaired) electrons. The van der Waals surface area contributed by atoms with Gasteiger partial charge in [0.05, 0.1) is 4.75 Å². The topological polar surface area (TPSA) is 32.3 Å². The number of hydrogen-bond acceptors (Lipinski definition) is 4. The molecule has 1 amide bonds. The summed E-state index contributed by atoms with van der Waals surface area (Å²) in [7, 11) is 0. The number of thiophene rings is 1. The molecular weight excluding hydrogens is 348 g/mol. The first-order valence-corrected chi connectivity index (χ1v) is 9.80. The van der Waals surface area contributed by atoms with Crippen LogP contribution in [0.2, 0.25) is 0 Å². The Morgan fingerprint density at radius 2 is 2.17 bits per heavy atom. The van der Waals surface area contributed by atoms with E-state index in [0.717, 1.165) is 13.0 Å². The molecule has 23 heavy (non-hydrogen) atoms. The van der Waals surface area contributed by atoms with Crippen molar-refractivity contribution < 1.29 is 4.79 Å². The number of amides is 1. The number of rotatable bonds is 3. The second-order valence-electron chi connectivity index (χ2n) is 6.80. The van der Waals surface area contributed by atoms with Gasteiger partial charge in [0, 0.05) is 22.4 Å². The lowest BCUT2D eigenvalue weighted by molar-refractivity contribution is -0.125. The average molecular weight is 371 g/mol. The van der Waals surface area contributed by atoms with Crippen LogP contribution in [0.25, 0.3) is 4.91 Å². The summed E-state index contributed by atoms with van der Waals surface area (Å²) in [4.78, 5) is 17.9. The van der Waals surface area contributed by atoms with Crippen molar-refractivity contribution in [3.8, 4) is 0 Å². The summed E-state index contributed by atoms with van der Waals surface area (Å²) in [6.45, 7) is 5.56. The molecule has 0 aromatic carbocycles. The number of halogens is 1. The summed E-state index contributed by atoms with van der Waals surface area (Å²) in [5, 5.41) is 5.46. The SMILES string of the molecule is CC1(C(=O)N[C@H]2CN3CCC2CC3)CC=C(c2cccs2)S1.Cl. The molecule has 1 aromatic heterocycles. The van der Waals surface area contributed by atoms with Crippen LogP contribution in [0.15, 0.2) is 23.6 Å². The van der Waals surface area contributed by atoms with Gasteiger partial charge >= 0.3 is 0 Å². The highest BCUT2D eigenvalue weighted by Crippen LogP contribution is 2.48. The minimum atomic E-state index is -0.342. The van der Waals surface area contributed by atoms with Gasteiger partial charge < -0.3 is 10.2 Å². The predicted octanol–water partition coefficient (Wildman–Crippen LogP) is 3.62. The van der Waals surface area contributed by atoms with Crippen molar-refractivity contribution in [1.29, 1.82) is 0 Å². The van der Waals surface area contributed by atoms with Crippen molar-refractivity contribution in [3.05, 3.63) is 28.5 Å². The summed E-state index contributed by atoms with van der Waals surface area (Å²) in [5.74, 6) is 0.910. The second kappa shape index (κ2) is 6.79. The summed E-state index contributed by atoms with van der Waals surface area (Å²) in [6, 6.07) is 4.57. The number of hydrogen-bond donors (Lipinski definition) is 1. The third-order valence-corrected chi connectivity index (χ3v) is 7.67. The normalized spacial score (nSPS) is 35.5. The number of nitrogens with one attached hydrogen (secondary N) is 1. The zero-order valence-electron chi connectivity index (χ0n) is 13.3. The molecule has 126 valence electrons. The molecule has 6 heteroatoms. The smallest absolute Gasteiger partial charge is 0.236 e. The van der Waals surface area contributed by atoms with Gasteiger partial charge in [0.2, 0.25) is 5.91 Å². The van der Waals surface area contributed by atoms with Gasteiger partial charge in [0.25, 0.3) is 0 Å². The standard InChI is InChI=1S/C17H22N2OS2.ClH/c1-17(7-4-15(22-17)14-3-2-10-21-14)16(20)18-13-11-19-8-5-12(13)6-9-19;/h2-4,10,12-13H,5-9,11H2,1H3,(H,18,20);1H/t13-,17?;/m0./s1. The number of nitrogens with zero attached hydrogens (tertiary/aromatic N) is 1. The van der Waals surface area contributed by atoms with Crippen LogP contribution < -0.4 is 5.32 Å². The lowest BCUT2D eigenvalue weighted by Crippen LogP contribution is -2.59. The Labute approximate surface area is 152 Å². The van der Waals surface area contributed by atoms with Gasteiger partial charge in [-0.15, -0.1) is 35.5 Å². The van der Waals surface area contributed by atoms with Crippen LogP contribution in [-0.4, -0.2) is 41.2 Å². The largest absolute Gasteiger partial charge is 0.351 e. The number of allylic oxidation sites excluding steroid dienone is 1. The molecule has 4 aliphatic rings. The Hall–Kier alpha value is -0.490. The number of piperidine rings is 3. The summed E-state index contributed by atoms with van der Waals surface area (Å²) in [6.07, 6.45) is 5.55. The molecule has 2 atom stereocenters. The van der Waals surface area contributed by atoms with E-state index in [1.807, 2.05) is 0 Å². The van der Waals surface area contributed by atoms with Gasteiger partial charge in [0.15, 0.2) is 0 Å². The van der Waals surface area contributed by atoms with Crippen molar-refractivity contribution >= 4 is 46.3 Å². The van der Waals surface area contributed by atoms with Crippen molar-refractivity contribution in [2.45, 2.75) is 37.0 Å². The Morgan fingerprint density at radius 1 is 1.39 bits per heavy atom. The maximum absolute atomic E-state index is 12.8. The van der Waals surface area contributed by atoms with Crippen molar-refractivity contribution in [2.24, 2.45) is 5.92 Å². The average Bonchev–Trinajstić information content (AvgIpc) is 3.18. The fourth-order valence-corrected chi connectivity index (χ4v) is 5.84. The third-order valence-electron chi connectivity index (χ3n) is 5.23. The van der Waals surface area contributed by atoms with Crippen LogP contribution in [0.1, 0.15) is 31.1 Å². The molecule has 3 fully saturated rings. The van der Waals surface area contributed by atoms with Gasteiger partial charge in [-0.05, 0) is 56.6 Å². The Morgan fingerprint density at radius 3 is 2.78 bits per heavy atom. The molecule has 1 unspecified atom stereocenters. The first kappa shape index (κ1) is 17.3. The number of carbonyl (C=O) groups is 1. The summed E-state index contributed by atoms with van der Waals surface area (Å²) in [5.41, 5.74) is 0. The predicted molar refractivity (Wildman–Crippen MR) is 101 cm³/mol. The van der Waals surface area contributed by atoms with Crippen LogP contribution in [0.3, 0.4) is 0 Å². The van der Waals surface area contributed by atoms with Crippen molar-refractivity contribution in [3.63, 3.8) is 0 Å². The molecule has 0 aliphatic carbocycles. The van der Waals surface area contributed by atoms with Gasteiger partial charge in [-0.1, -0.05) is 12.1 Å². The van der Waals surface area contributed by atoms with E-state index in [9.17, 15) is 4.79 Å². The maximum atomic E-state index is 12.8. The minimum absolute atomic E-state index is 0. The van der Waals surface area contributed by atoms with Gasteiger partial charge in [-0.25, -0.2) is 0 Å². The molecule has 2 bridgehead atoms. The van der Waals surface area contributed by atoms with E-state index in [1.165, 1.54) is 35.7 Å². The number of fused-ring (bicyclic) bond motifs is 3. The molecule has 5 heterocycles. The van der Waals surface area contributed by atoms with Gasteiger partial charge in [-0.3, -0.25) is 4.79 Å². The Kier molecular flexibility index (Phi) is 5.12. The fourth-order valence-electron chi connectivity index (χ4n) is 3.77. The number of carbonyl (C=O) groups excluding carboxylic acids is 1. The van der Waals surface area contributed by atoms with Gasteiger partial charge in [-0.2, -0.15) is 0 Å².